The summed E-state index contributed by atoms with van der Waals surface area (Å²) in [6.07, 6.45) is 3.72. The summed E-state index contributed by atoms with van der Waals surface area (Å²) in [6, 6.07) is 15.5. The number of amides is 1. The smallest absolute Gasteiger partial charge is 0.445 e. The van der Waals surface area contributed by atoms with Crippen molar-refractivity contribution >= 4 is 23.9 Å². The molecule has 0 unspecified atom stereocenters. The zero-order valence-corrected chi connectivity index (χ0v) is 14.6. The first-order valence-electron chi connectivity index (χ1n) is 7.89. The van der Waals surface area contributed by atoms with E-state index in [2.05, 4.69) is 5.32 Å². The van der Waals surface area contributed by atoms with Gasteiger partial charge in [0.2, 0.25) is 0 Å². The van der Waals surface area contributed by atoms with E-state index in [1.54, 1.807) is 18.2 Å². The molecule has 26 heavy (non-hydrogen) atoms. The fourth-order valence-corrected chi connectivity index (χ4v) is 2.57. The lowest BCUT2D eigenvalue weighted by Gasteiger charge is -2.06. The van der Waals surface area contributed by atoms with Crippen LogP contribution in [0.5, 0.6) is 0 Å². The zero-order valence-electron chi connectivity index (χ0n) is 13.8. The van der Waals surface area contributed by atoms with Crippen LogP contribution in [0.4, 0.5) is 18.0 Å². The Morgan fingerprint density at radius 1 is 1.08 bits per heavy atom. The quantitative estimate of drug-likeness (QED) is 0.499. The second-order valence-corrected chi connectivity index (χ2v) is 6.43. The maximum atomic E-state index is 12.3. The van der Waals surface area contributed by atoms with Crippen molar-refractivity contribution in [3.8, 4) is 0 Å². The Morgan fingerprint density at radius 2 is 1.77 bits per heavy atom. The van der Waals surface area contributed by atoms with E-state index in [9.17, 15) is 18.0 Å². The Kier molecular flexibility index (Phi) is 7.59. The monoisotopic (exact) mass is 381 g/mol. The van der Waals surface area contributed by atoms with Crippen molar-refractivity contribution in [1.82, 2.24) is 5.32 Å². The van der Waals surface area contributed by atoms with E-state index in [-0.39, 0.29) is 23.3 Å². The summed E-state index contributed by atoms with van der Waals surface area (Å²) in [6.45, 7) is 0.622. The molecule has 2 rings (SSSR count). The Labute approximate surface area is 154 Å². The number of rotatable bonds is 7. The number of thioether (sulfide) groups is 1. The summed E-state index contributed by atoms with van der Waals surface area (Å²) in [4.78, 5) is 11.7. The van der Waals surface area contributed by atoms with Gasteiger partial charge in [0.25, 0.3) is 0 Å². The number of hydrogen-bond donors (Lipinski definition) is 1. The molecule has 3 nitrogen and oxygen atoms in total. The van der Waals surface area contributed by atoms with Crippen molar-refractivity contribution in [1.29, 1.82) is 0 Å². The largest absolute Gasteiger partial charge is 0.446 e. The molecular formula is C19H18F3NO2S. The standard InChI is InChI=1S/C19H18F3NO2S/c20-19(21,22)26-17-11-9-15(10-12-17)6-4-5-13-23-18(24)25-14-16-7-2-1-3-8-16/h1-4,6-12H,5,13-14H2,(H,23,24). The van der Waals surface area contributed by atoms with Gasteiger partial charge < -0.3 is 10.1 Å². The molecule has 138 valence electrons. The Balaban J connectivity index is 1.65. The van der Waals surface area contributed by atoms with Gasteiger partial charge >= 0.3 is 11.6 Å². The maximum absolute atomic E-state index is 12.3. The summed E-state index contributed by atoms with van der Waals surface area (Å²) >= 11 is -0.138. The van der Waals surface area contributed by atoms with Crippen LogP contribution in [0.25, 0.3) is 6.08 Å². The van der Waals surface area contributed by atoms with E-state index < -0.39 is 11.6 Å². The molecule has 0 spiro atoms. The minimum atomic E-state index is -4.28. The second-order valence-electron chi connectivity index (χ2n) is 5.30. The lowest BCUT2D eigenvalue weighted by molar-refractivity contribution is -0.0328. The highest BCUT2D eigenvalue weighted by Gasteiger charge is 2.28. The predicted octanol–water partition coefficient (Wildman–Crippen LogP) is 5.63. The highest BCUT2D eigenvalue weighted by Crippen LogP contribution is 2.36. The van der Waals surface area contributed by atoms with Crippen molar-refractivity contribution in [2.75, 3.05) is 6.54 Å². The van der Waals surface area contributed by atoms with Crippen LogP contribution in [0.2, 0.25) is 0 Å². The van der Waals surface area contributed by atoms with Gasteiger partial charge in [-0.05, 0) is 41.4 Å². The first-order valence-corrected chi connectivity index (χ1v) is 8.71. The van der Waals surface area contributed by atoms with Gasteiger partial charge in [-0.15, -0.1) is 0 Å². The molecule has 2 aromatic carbocycles. The fourth-order valence-electron chi connectivity index (χ4n) is 2.03. The van der Waals surface area contributed by atoms with Gasteiger partial charge in [0.1, 0.15) is 6.61 Å². The van der Waals surface area contributed by atoms with E-state index in [0.29, 0.717) is 13.0 Å². The van der Waals surface area contributed by atoms with Crippen LogP contribution >= 0.6 is 11.8 Å². The second kappa shape index (κ2) is 9.91. The van der Waals surface area contributed by atoms with Crippen molar-refractivity contribution in [3.05, 3.63) is 71.8 Å². The van der Waals surface area contributed by atoms with Crippen LogP contribution in [0.1, 0.15) is 17.5 Å². The molecule has 0 aromatic heterocycles. The highest BCUT2D eigenvalue weighted by molar-refractivity contribution is 8.00. The number of nitrogens with one attached hydrogen (secondary N) is 1. The van der Waals surface area contributed by atoms with Crippen LogP contribution < -0.4 is 5.32 Å². The van der Waals surface area contributed by atoms with Gasteiger partial charge in [0.05, 0.1) is 0 Å². The third-order valence-corrected chi connectivity index (χ3v) is 3.96. The molecule has 0 radical (unpaired) electrons. The molecule has 0 fully saturated rings. The predicted molar refractivity (Wildman–Crippen MR) is 96.6 cm³/mol. The molecular weight excluding hydrogens is 363 g/mol. The summed E-state index contributed by atoms with van der Waals surface area (Å²) in [7, 11) is 0. The number of ether oxygens (including phenoxy) is 1. The summed E-state index contributed by atoms with van der Waals surface area (Å²) in [5.41, 5.74) is -2.57. The molecule has 1 N–H and O–H groups in total. The molecule has 0 saturated heterocycles. The van der Waals surface area contributed by atoms with Crippen molar-refractivity contribution in [2.45, 2.75) is 23.4 Å². The van der Waals surface area contributed by atoms with E-state index in [1.807, 2.05) is 36.4 Å². The van der Waals surface area contributed by atoms with Crippen LogP contribution in [-0.4, -0.2) is 18.1 Å². The van der Waals surface area contributed by atoms with E-state index >= 15 is 0 Å². The van der Waals surface area contributed by atoms with Gasteiger partial charge in [0, 0.05) is 11.4 Å². The van der Waals surface area contributed by atoms with Gasteiger partial charge in [0.15, 0.2) is 0 Å². The topological polar surface area (TPSA) is 38.3 Å². The molecule has 0 aliphatic rings. The van der Waals surface area contributed by atoms with Gasteiger partial charge in [-0.2, -0.15) is 13.2 Å². The van der Waals surface area contributed by atoms with Crippen LogP contribution in [0.3, 0.4) is 0 Å². The number of carbonyl (C=O) groups is 1. The summed E-state index contributed by atoms with van der Waals surface area (Å²) in [5, 5.41) is 2.63. The van der Waals surface area contributed by atoms with E-state index in [0.717, 1.165) is 11.1 Å². The van der Waals surface area contributed by atoms with Gasteiger partial charge in [-0.3, -0.25) is 0 Å². The Bertz CT molecular complexity index is 716. The lowest BCUT2D eigenvalue weighted by atomic mass is 10.2. The molecule has 0 saturated carbocycles. The number of carbonyl (C=O) groups excluding carboxylic acids is 1. The number of hydrogen-bond acceptors (Lipinski definition) is 3. The molecule has 0 bridgehead atoms. The number of alkyl halides is 3. The third-order valence-electron chi connectivity index (χ3n) is 3.22. The van der Waals surface area contributed by atoms with E-state index in [4.69, 9.17) is 4.74 Å². The number of benzene rings is 2. The van der Waals surface area contributed by atoms with Crippen molar-refractivity contribution < 1.29 is 22.7 Å². The SMILES string of the molecule is O=C(NCCC=Cc1ccc(SC(F)(F)F)cc1)OCc1ccccc1. The average Bonchev–Trinajstić information content (AvgIpc) is 2.61. The van der Waals surface area contributed by atoms with Gasteiger partial charge in [-0.25, -0.2) is 4.79 Å². The van der Waals surface area contributed by atoms with E-state index in [1.165, 1.54) is 12.1 Å². The van der Waals surface area contributed by atoms with Gasteiger partial charge in [-0.1, -0.05) is 54.6 Å². The summed E-state index contributed by atoms with van der Waals surface area (Å²) in [5.74, 6) is 0. The molecule has 0 aliphatic heterocycles. The Morgan fingerprint density at radius 3 is 2.42 bits per heavy atom. The van der Waals surface area contributed by atoms with Crippen molar-refractivity contribution in [3.63, 3.8) is 0 Å². The average molecular weight is 381 g/mol. The minimum absolute atomic E-state index is 0.138. The third kappa shape index (κ3) is 8.11. The molecule has 0 atom stereocenters. The number of halogens is 3. The Hall–Kier alpha value is -2.41. The lowest BCUT2D eigenvalue weighted by Crippen LogP contribution is -2.24. The molecule has 0 heterocycles. The van der Waals surface area contributed by atoms with Crippen LogP contribution in [0, 0.1) is 0 Å². The van der Waals surface area contributed by atoms with Crippen LogP contribution in [-0.2, 0) is 11.3 Å². The van der Waals surface area contributed by atoms with Crippen LogP contribution in [0.15, 0.2) is 65.6 Å². The summed E-state index contributed by atoms with van der Waals surface area (Å²) < 4.78 is 41.8. The number of alkyl carbamates (subject to hydrolysis) is 1. The highest BCUT2D eigenvalue weighted by atomic mass is 32.2. The first kappa shape index (κ1) is 19.9. The molecule has 7 heteroatoms. The minimum Gasteiger partial charge on any atom is -0.445 e. The molecule has 0 aliphatic carbocycles. The first-order chi connectivity index (χ1) is 12.4. The normalized spacial score (nSPS) is 11.5. The van der Waals surface area contributed by atoms with Crippen molar-refractivity contribution in [2.24, 2.45) is 0 Å². The fraction of sp³-hybridized carbons (Fsp3) is 0.211. The zero-order chi connectivity index (χ0) is 18.8. The molecule has 1 amide bonds. The molecule has 2 aromatic rings. The maximum Gasteiger partial charge on any atom is 0.446 e.